The Morgan fingerprint density at radius 3 is 2.67 bits per heavy atom. The third-order valence-corrected chi connectivity index (χ3v) is 2.62. The third kappa shape index (κ3) is 6.29. The van der Waals surface area contributed by atoms with Crippen LogP contribution in [-0.2, 0) is 0 Å². The highest BCUT2D eigenvalue weighted by atomic mass is 32.2. The highest BCUT2D eigenvalue weighted by Gasteiger charge is 1.90. The molecule has 0 bridgehead atoms. The van der Waals surface area contributed by atoms with E-state index >= 15 is 0 Å². The minimum absolute atomic E-state index is 1.06. The SMILES string of the molecule is C=C/C=C(\C=C)CSCCCC. The molecule has 0 rings (SSSR count). The van der Waals surface area contributed by atoms with Crippen molar-refractivity contribution in [3.8, 4) is 0 Å². The fraction of sp³-hybridized carbons (Fsp3) is 0.455. The van der Waals surface area contributed by atoms with Gasteiger partial charge in [-0.05, 0) is 17.7 Å². The van der Waals surface area contributed by atoms with Crippen LogP contribution in [0.5, 0.6) is 0 Å². The van der Waals surface area contributed by atoms with E-state index in [0.29, 0.717) is 0 Å². The van der Waals surface area contributed by atoms with Crippen LogP contribution in [0.3, 0.4) is 0 Å². The third-order valence-electron chi connectivity index (χ3n) is 1.51. The Bertz CT molecular complexity index is 156. The fourth-order valence-corrected chi connectivity index (χ4v) is 1.85. The molecule has 0 radical (unpaired) electrons. The average molecular weight is 182 g/mol. The van der Waals surface area contributed by atoms with E-state index in [1.165, 1.54) is 24.2 Å². The van der Waals surface area contributed by atoms with Gasteiger partial charge in [-0.3, -0.25) is 0 Å². The van der Waals surface area contributed by atoms with Crippen molar-refractivity contribution in [1.29, 1.82) is 0 Å². The first-order valence-electron chi connectivity index (χ1n) is 4.37. The normalized spacial score (nSPS) is 11.2. The Balaban J connectivity index is 3.51. The first-order chi connectivity index (χ1) is 5.85. The molecule has 0 saturated carbocycles. The minimum atomic E-state index is 1.06. The maximum atomic E-state index is 3.75. The van der Waals surface area contributed by atoms with E-state index in [0.717, 1.165) is 5.75 Å². The van der Waals surface area contributed by atoms with Crippen molar-refractivity contribution in [3.05, 3.63) is 37.0 Å². The molecule has 12 heavy (non-hydrogen) atoms. The van der Waals surface area contributed by atoms with Crippen LogP contribution in [0.2, 0.25) is 0 Å². The molecule has 0 aliphatic rings. The van der Waals surface area contributed by atoms with E-state index in [1.54, 1.807) is 0 Å². The van der Waals surface area contributed by atoms with Crippen LogP contribution in [0, 0.1) is 0 Å². The lowest BCUT2D eigenvalue weighted by Gasteiger charge is -2.00. The topological polar surface area (TPSA) is 0 Å². The smallest absolute Gasteiger partial charge is 0.0184 e. The molecular formula is C11H18S. The molecule has 0 aromatic carbocycles. The molecule has 0 atom stereocenters. The van der Waals surface area contributed by atoms with E-state index in [9.17, 15) is 0 Å². The van der Waals surface area contributed by atoms with Gasteiger partial charge in [0.15, 0.2) is 0 Å². The van der Waals surface area contributed by atoms with E-state index in [-0.39, 0.29) is 0 Å². The molecule has 68 valence electrons. The quantitative estimate of drug-likeness (QED) is 0.426. The molecule has 0 fully saturated rings. The molecule has 0 heterocycles. The molecule has 0 aromatic heterocycles. The molecule has 0 aromatic rings. The van der Waals surface area contributed by atoms with Crippen molar-refractivity contribution in [1.82, 2.24) is 0 Å². The number of hydrogen-bond acceptors (Lipinski definition) is 1. The van der Waals surface area contributed by atoms with Crippen molar-refractivity contribution in [2.24, 2.45) is 0 Å². The summed E-state index contributed by atoms with van der Waals surface area (Å²) in [5.41, 5.74) is 1.27. The lowest BCUT2D eigenvalue weighted by molar-refractivity contribution is 0.896. The maximum absolute atomic E-state index is 3.75. The summed E-state index contributed by atoms with van der Waals surface area (Å²) in [5, 5.41) is 0. The first-order valence-corrected chi connectivity index (χ1v) is 5.52. The standard InChI is InChI=1S/C11H18S/c1-4-7-9-12-10-11(6-3)8-5-2/h5-6,8H,2-4,7,9-10H2,1H3/b11-8+. The van der Waals surface area contributed by atoms with Crippen LogP contribution in [0.15, 0.2) is 37.0 Å². The predicted octanol–water partition coefficient (Wildman–Crippen LogP) is 3.82. The number of thioether (sulfide) groups is 1. The molecule has 0 aliphatic heterocycles. The van der Waals surface area contributed by atoms with Gasteiger partial charge in [0.1, 0.15) is 0 Å². The maximum Gasteiger partial charge on any atom is 0.0184 e. The van der Waals surface area contributed by atoms with Crippen molar-refractivity contribution >= 4 is 11.8 Å². The van der Waals surface area contributed by atoms with Crippen molar-refractivity contribution in [2.45, 2.75) is 19.8 Å². The van der Waals surface area contributed by atoms with Crippen LogP contribution >= 0.6 is 11.8 Å². The summed E-state index contributed by atoms with van der Waals surface area (Å²) < 4.78 is 0. The molecule has 1 heteroatoms. The van der Waals surface area contributed by atoms with Gasteiger partial charge in [-0.1, -0.05) is 44.7 Å². The van der Waals surface area contributed by atoms with Crippen molar-refractivity contribution in [2.75, 3.05) is 11.5 Å². The largest absolute Gasteiger partial charge is 0.157 e. The first kappa shape index (κ1) is 11.6. The molecule has 0 spiro atoms. The summed E-state index contributed by atoms with van der Waals surface area (Å²) >= 11 is 1.96. The predicted molar refractivity (Wildman–Crippen MR) is 60.7 cm³/mol. The summed E-state index contributed by atoms with van der Waals surface area (Å²) in [6, 6.07) is 0. The highest BCUT2D eigenvalue weighted by Crippen LogP contribution is 2.10. The van der Waals surface area contributed by atoms with E-state index in [4.69, 9.17) is 0 Å². The van der Waals surface area contributed by atoms with Gasteiger partial charge >= 0.3 is 0 Å². The average Bonchev–Trinajstić information content (AvgIpc) is 2.10. The van der Waals surface area contributed by atoms with Gasteiger partial charge in [0.25, 0.3) is 0 Å². The van der Waals surface area contributed by atoms with E-state index in [2.05, 4.69) is 20.1 Å². The second kappa shape index (κ2) is 8.66. The van der Waals surface area contributed by atoms with Crippen LogP contribution in [0.25, 0.3) is 0 Å². The molecule has 0 nitrogen and oxygen atoms in total. The Morgan fingerprint density at radius 2 is 2.17 bits per heavy atom. The monoisotopic (exact) mass is 182 g/mol. The van der Waals surface area contributed by atoms with Crippen molar-refractivity contribution in [3.63, 3.8) is 0 Å². The summed E-state index contributed by atoms with van der Waals surface area (Å²) in [6.45, 7) is 9.63. The second-order valence-electron chi connectivity index (χ2n) is 2.59. The minimum Gasteiger partial charge on any atom is -0.157 e. The summed E-state index contributed by atoms with van der Waals surface area (Å²) in [7, 11) is 0. The van der Waals surface area contributed by atoms with Gasteiger partial charge in [-0.25, -0.2) is 0 Å². The fourth-order valence-electron chi connectivity index (χ4n) is 0.763. The number of allylic oxidation sites excluding steroid dienone is 3. The molecular weight excluding hydrogens is 164 g/mol. The number of rotatable bonds is 7. The van der Waals surface area contributed by atoms with Gasteiger partial charge in [0.2, 0.25) is 0 Å². The van der Waals surface area contributed by atoms with Crippen LogP contribution < -0.4 is 0 Å². The number of unbranched alkanes of at least 4 members (excludes halogenated alkanes) is 1. The summed E-state index contributed by atoms with van der Waals surface area (Å²) in [6.07, 6.45) is 8.33. The Labute approximate surface area is 80.4 Å². The van der Waals surface area contributed by atoms with E-state index in [1.807, 2.05) is 30.0 Å². The van der Waals surface area contributed by atoms with Crippen LogP contribution in [0.4, 0.5) is 0 Å². The Kier molecular flexibility index (Phi) is 8.35. The Hall–Kier alpha value is -0.430. The molecule has 0 aliphatic carbocycles. The zero-order chi connectivity index (χ0) is 9.23. The van der Waals surface area contributed by atoms with Crippen LogP contribution in [0.1, 0.15) is 19.8 Å². The molecule has 0 amide bonds. The molecule has 0 saturated heterocycles. The molecule has 0 unspecified atom stereocenters. The second-order valence-corrected chi connectivity index (χ2v) is 3.69. The van der Waals surface area contributed by atoms with Gasteiger partial charge in [0, 0.05) is 5.75 Å². The Morgan fingerprint density at radius 1 is 1.42 bits per heavy atom. The van der Waals surface area contributed by atoms with Crippen molar-refractivity contribution < 1.29 is 0 Å². The van der Waals surface area contributed by atoms with Gasteiger partial charge in [-0.2, -0.15) is 11.8 Å². The zero-order valence-corrected chi connectivity index (χ0v) is 8.70. The highest BCUT2D eigenvalue weighted by molar-refractivity contribution is 7.99. The van der Waals surface area contributed by atoms with E-state index < -0.39 is 0 Å². The van der Waals surface area contributed by atoms with Gasteiger partial charge < -0.3 is 0 Å². The summed E-state index contributed by atoms with van der Waals surface area (Å²) in [4.78, 5) is 0. The number of hydrogen-bond donors (Lipinski definition) is 0. The lowest BCUT2D eigenvalue weighted by Crippen LogP contribution is -1.85. The summed E-state index contributed by atoms with van der Waals surface area (Å²) in [5.74, 6) is 2.31. The zero-order valence-electron chi connectivity index (χ0n) is 7.88. The lowest BCUT2D eigenvalue weighted by atomic mass is 10.3. The van der Waals surface area contributed by atoms with Gasteiger partial charge in [-0.15, -0.1) is 0 Å². The van der Waals surface area contributed by atoms with Gasteiger partial charge in [0.05, 0.1) is 0 Å². The van der Waals surface area contributed by atoms with Crippen LogP contribution in [-0.4, -0.2) is 11.5 Å². The molecule has 0 N–H and O–H groups in total.